The molecule has 29 heavy (non-hydrogen) atoms. The molecule has 2 aromatic heterocycles. The van der Waals surface area contributed by atoms with Crippen molar-refractivity contribution in [2.75, 3.05) is 20.2 Å². The Morgan fingerprint density at radius 1 is 1.28 bits per heavy atom. The Kier molecular flexibility index (Phi) is 5.57. The van der Waals surface area contributed by atoms with E-state index in [9.17, 15) is 4.79 Å². The fourth-order valence-electron chi connectivity index (χ4n) is 3.43. The van der Waals surface area contributed by atoms with Crippen molar-refractivity contribution in [3.8, 4) is 11.6 Å². The molecule has 152 valence electrons. The lowest BCUT2D eigenvalue weighted by Gasteiger charge is -2.29. The maximum absolute atomic E-state index is 11.1. The molecule has 1 aromatic carbocycles. The van der Waals surface area contributed by atoms with Gasteiger partial charge in [-0.15, -0.1) is 5.10 Å². The molecular formula is C20H21BrN4O4. The number of rotatable bonds is 5. The second-order valence-corrected chi connectivity index (χ2v) is 7.84. The van der Waals surface area contributed by atoms with E-state index in [-0.39, 0.29) is 6.10 Å². The molecule has 0 aliphatic carbocycles. The number of carbonyl (C=O) groups is 1. The first-order valence-electron chi connectivity index (χ1n) is 9.33. The minimum Gasteiger partial charge on any atom is -0.497 e. The van der Waals surface area contributed by atoms with Crippen LogP contribution in [0.25, 0.3) is 11.0 Å². The summed E-state index contributed by atoms with van der Waals surface area (Å²) in [5, 5.41) is 14.6. The first-order chi connectivity index (χ1) is 14.0. The van der Waals surface area contributed by atoms with Crippen molar-refractivity contribution in [3.05, 3.63) is 46.6 Å². The monoisotopic (exact) mass is 460 g/mol. The quantitative estimate of drug-likeness (QED) is 0.622. The van der Waals surface area contributed by atoms with Crippen molar-refractivity contribution in [3.63, 3.8) is 0 Å². The number of amides is 1. The van der Waals surface area contributed by atoms with Crippen LogP contribution < -0.4 is 9.47 Å². The number of methoxy groups -OCH3 is 1. The number of carboxylic acid groups (broad SMARTS) is 1. The van der Waals surface area contributed by atoms with E-state index >= 15 is 0 Å². The van der Waals surface area contributed by atoms with E-state index < -0.39 is 6.09 Å². The number of ether oxygens (including phenoxy) is 2. The van der Waals surface area contributed by atoms with Crippen LogP contribution in [0.2, 0.25) is 0 Å². The van der Waals surface area contributed by atoms with E-state index in [1.807, 2.05) is 35.0 Å². The molecule has 4 rings (SSSR count). The zero-order chi connectivity index (χ0) is 20.4. The minimum atomic E-state index is -0.884. The molecule has 1 aliphatic heterocycles. The molecule has 1 N–H and O–H groups in total. The number of halogens is 1. The van der Waals surface area contributed by atoms with Gasteiger partial charge in [0.1, 0.15) is 11.9 Å². The van der Waals surface area contributed by atoms with Crippen LogP contribution in [0, 0.1) is 0 Å². The van der Waals surface area contributed by atoms with Crippen LogP contribution in [0.1, 0.15) is 18.4 Å². The van der Waals surface area contributed by atoms with E-state index in [1.165, 1.54) is 4.90 Å². The molecule has 1 fully saturated rings. The van der Waals surface area contributed by atoms with Crippen LogP contribution in [0.4, 0.5) is 4.79 Å². The second-order valence-electron chi connectivity index (χ2n) is 6.92. The molecule has 3 aromatic rings. The Morgan fingerprint density at radius 3 is 2.66 bits per heavy atom. The normalized spacial score (nSPS) is 14.9. The van der Waals surface area contributed by atoms with Gasteiger partial charge in [-0.05, 0) is 39.7 Å². The van der Waals surface area contributed by atoms with E-state index in [1.54, 1.807) is 13.3 Å². The van der Waals surface area contributed by atoms with Crippen LogP contribution in [0.3, 0.4) is 0 Å². The van der Waals surface area contributed by atoms with E-state index in [0.717, 1.165) is 26.8 Å². The Balaban J connectivity index is 1.57. The molecule has 0 atom stereocenters. The number of hydrogen-bond acceptors (Lipinski definition) is 5. The van der Waals surface area contributed by atoms with Gasteiger partial charge in [0.2, 0.25) is 5.88 Å². The Morgan fingerprint density at radius 2 is 2.00 bits per heavy atom. The molecule has 0 bridgehead atoms. The lowest BCUT2D eigenvalue weighted by molar-refractivity contribution is 0.0874. The van der Waals surface area contributed by atoms with Crippen LogP contribution in [-0.4, -0.2) is 57.2 Å². The molecule has 3 heterocycles. The fraction of sp³-hybridized carbons (Fsp3) is 0.350. The summed E-state index contributed by atoms with van der Waals surface area (Å²) >= 11 is 3.47. The maximum atomic E-state index is 11.1. The van der Waals surface area contributed by atoms with Crippen molar-refractivity contribution in [1.82, 2.24) is 19.7 Å². The summed E-state index contributed by atoms with van der Waals surface area (Å²) in [6.45, 7) is 1.48. The van der Waals surface area contributed by atoms with Crippen LogP contribution in [0.15, 0.2) is 41.0 Å². The highest BCUT2D eigenvalue weighted by Gasteiger charge is 2.25. The predicted octanol–water partition coefficient (Wildman–Crippen LogP) is 3.77. The topological polar surface area (TPSA) is 89.7 Å². The van der Waals surface area contributed by atoms with Crippen LogP contribution >= 0.6 is 15.9 Å². The average Bonchev–Trinajstić information content (AvgIpc) is 3.05. The minimum absolute atomic E-state index is 0.0721. The van der Waals surface area contributed by atoms with Gasteiger partial charge in [-0.3, -0.25) is 0 Å². The molecular weight excluding hydrogens is 440 g/mol. The molecule has 9 heteroatoms. The van der Waals surface area contributed by atoms with Gasteiger partial charge >= 0.3 is 6.09 Å². The van der Waals surface area contributed by atoms with Crippen molar-refractivity contribution < 1.29 is 19.4 Å². The summed E-state index contributed by atoms with van der Waals surface area (Å²) in [5.74, 6) is 1.33. The number of piperidine rings is 1. The van der Waals surface area contributed by atoms with Gasteiger partial charge in [0, 0.05) is 36.6 Å². The number of fused-ring (bicyclic) bond motifs is 1. The summed E-state index contributed by atoms with van der Waals surface area (Å²) in [4.78, 5) is 17.0. The number of nitrogens with zero attached hydrogens (tertiary/aromatic N) is 4. The Hall–Kier alpha value is -2.81. The highest BCUT2D eigenvalue weighted by Crippen LogP contribution is 2.29. The fourth-order valence-corrected chi connectivity index (χ4v) is 3.76. The zero-order valence-corrected chi connectivity index (χ0v) is 17.5. The predicted molar refractivity (Wildman–Crippen MR) is 111 cm³/mol. The van der Waals surface area contributed by atoms with Gasteiger partial charge in [0.25, 0.3) is 0 Å². The Bertz CT molecular complexity index is 1010. The highest BCUT2D eigenvalue weighted by molar-refractivity contribution is 9.10. The van der Waals surface area contributed by atoms with Crippen molar-refractivity contribution in [2.45, 2.75) is 25.5 Å². The summed E-state index contributed by atoms with van der Waals surface area (Å²) in [6.07, 6.45) is 2.06. The highest BCUT2D eigenvalue weighted by atomic mass is 79.9. The van der Waals surface area contributed by atoms with E-state index in [2.05, 4.69) is 26.0 Å². The standard InChI is InChI=1S/C20H21BrN4O4/c1-28-15-4-2-13(3-5-15)12-25-18-17(10-14(21)11-22-18)19(23-25)29-16-6-8-24(9-7-16)20(26)27/h2-5,10-11,16H,6-9,12H2,1H3,(H,26,27). The lowest BCUT2D eigenvalue weighted by Crippen LogP contribution is -2.41. The van der Waals surface area contributed by atoms with Gasteiger partial charge in [0.05, 0.1) is 19.0 Å². The molecule has 0 radical (unpaired) electrons. The van der Waals surface area contributed by atoms with Crippen molar-refractivity contribution >= 4 is 33.1 Å². The third kappa shape index (κ3) is 4.29. The molecule has 0 spiro atoms. The lowest BCUT2D eigenvalue weighted by atomic mass is 10.1. The Labute approximate surface area is 176 Å². The van der Waals surface area contributed by atoms with Gasteiger partial charge in [-0.25, -0.2) is 14.5 Å². The smallest absolute Gasteiger partial charge is 0.407 e. The summed E-state index contributed by atoms with van der Waals surface area (Å²) in [7, 11) is 1.64. The largest absolute Gasteiger partial charge is 0.497 e. The number of pyridine rings is 1. The number of likely N-dealkylation sites (tertiary alicyclic amines) is 1. The molecule has 1 amide bonds. The maximum Gasteiger partial charge on any atom is 0.407 e. The van der Waals surface area contributed by atoms with Gasteiger partial charge in [0.15, 0.2) is 5.65 Å². The number of benzene rings is 1. The van der Waals surface area contributed by atoms with Crippen molar-refractivity contribution in [1.29, 1.82) is 0 Å². The summed E-state index contributed by atoms with van der Waals surface area (Å²) < 4.78 is 14.1. The third-order valence-corrected chi connectivity index (χ3v) is 5.44. The first kappa shape index (κ1) is 19.5. The molecule has 0 unspecified atom stereocenters. The third-order valence-electron chi connectivity index (χ3n) is 5.00. The van der Waals surface area contributed by atoms with Crippen molar-refractivity contribution in [2.24, 2.45) is 0 Å². The summed E-state index contributed by atoms with van der Waals surface area (Å²) in [5.41, 5.74) is 1.81. The molecule has 1 saturated heterocycles. The number of hydrogen-bond donors (Lipinski definition) is 1. The van der Waals surface area contributed by atoms with E-state index in [0.29, 0.717) is 38.4 Å². The van der Waals surface area contributed by atoms with Gasteiger partial charge in [-0.2, -0.15) is 0 Å². The second kappa shape index (κ2) is 8.28. The first-order valence-corrected chi connectivity index (χ1v) is 10.1. The molecule has 0 saturated carbocycles. The van der Waals surface area contributed by atoms with E-state index in [4.69, 9.17) is 14.6 Å². The van der Waals surface area contributed by atoms with Crippen LogP contribution in [-0.2, 0) is 6.54 Å². The molecule has 1 aliphatic rings. The number of aromatic nitrogens is 3. The van der Waals surface area contributed by atoms with Crippen LogP contribution in [0.5, 0.6) is 11.6 Å². The zero-order valence-electron chi connectivity index (χ0n) is 15.9. The average molecular weight is 461 g/mol. The SMILES string of the molecule is COc1ccc(Cn2nc(OC3CCN(C(=O)O)CC3)c3cc(Br)cnc32)cc1. The molecule has 8 nitrogen and oxygen atoms in total. The summed E-state index contributed by atoms with van der Waals surface area (Å²) in [6, 6.07) is 9.76. The van der Waals surface area contributed by atoms with Gasteiger partial charge in [-0.1, -0.05) is 12.1 Å². The van der Waals surface area contributed by atoms with Gasteiger partial charge < -0.3 is 19.5 Å².